The molecule has 4 rings (SSSR count). The van der Waals surface area contributed by atoms with Gasteiger partial charge in [-0.25, -0.2) is 14.8 Å². The number of hydrogen-bond acceptors (Lipinski definition) is 7. The molecule has 2 amide bonds. The lowest BCUT2D eigenvalue weighted by Crippen LogP contribution is -2.55. The average Bonchev–Trinajstić information content (AvgIpc) is 3.17. The van der Waals surface area contributed by atoms with Gasteiger partial charge in [0.05, 0.1) is 7.11 Å². The predicted octanol–water partition coefficient (Wildman–Crippen LogP) is 1.58. The minimum atomic E-state index is -0.198. The number of amides is 2. The Hall–Kier alpha value is -3.43. The number of carbonyl (C=O) groups is 1. The molecule has 1 aliphatic rings. The number of nitrogens with one attached hydrogen (secondary N) is 1. The van der Waals surface area contributed by atoms with E-state index >= 15 is 0 Å². The van der Waals surface area contributed by atoms with Gasteiger partial charge in [0.25, 0.3) is 0 Å². The Bertz CT molecular complexity index is 1000. The number of pyridine rings is 1. The highest BCUT2D eigenvalue weighted by atomic mass is 16.5. The lowest BCUT2D eigenvalue weighted by Gasteiger charge is -2.40. The zero-order chi connectivity index (χ0) is 19.7. The molecule has 1 fully saturated rings. The van der Waals surface area contributed by atoms with Crippen molar-refractivity contribution >= 4 is 23.3 Å². The van der Waals surface area contributed by atoms with Crippen LogP contribution in [0.4, 0.5) is 16.4 Å². The van der Waals surface area contributed by atoms with Gasteiger partial charge in [-0.15, -0.1) is 10.2 Å². The van der Waals surface area contributed by atoms with Crippen molar-refractivity contribution in [1.29, 1.82) is 0 Å². The molecule has 10 heteroatoms. The molecule has 0 aromatic carbocycles. The quantitative estimate of drug-likeness (QED) is 0.734. The summed E-state index contributed by atoms with van der Waals surface area (Å²) >= 11 is 0. The van der Waals surface area contributed by atoms with E-state index in [1.54, 1.807) is 30.6 Å². The lowest BCUT2D eigenvalue weighted by atomic mass is 10.2. The van der Waals surface area contributed by atoms with Gasteiger partial charge in [0.1, 0.15) is 6.33 Å². The van der Waals surface area contributed by atoms with E-state index in [-0.39, 0.29) is 12.1 Å². The summed E-state index contributed by atoms with van der Waals surface area (Å²) in [6.45, 7) is 5.69. The van der Waals surface area contributed by atoms with Crippen molar-refractivity contribution in [2.75, 3.05) is 37.0 Å². The monoisotopic (exact) mass is 382 g/mol. The number of hydrogen-bond donors (Lipinski definition) is 1. The molecule has 1 atom stereocenters. The van der Waals surface area contributed by atoms with Gasteiger partial charge in [-0.3, -0.25) is 9.72 Å². The van der Waals surface area contributed by atoms with Gasteiger partial charge in [-0.1, -0.05) is 0 Å². The number of aryl methyl sites for hydroxylation is 1. The Kier molecular flexibility index (Phi) is 4.68. The van der Waals surface area contributed by atoms with Gasteiger partial charge in [0.2, 0.25) is 5.65 Å². The smallest absolute Gasteiger partial charge is 0.323 e. The molecule has 10 nitrogen and oxygen atoms in total. The summed E-state index contributed by atoms with van der Waals surface area (Å²) in [5, 5.41) is 11.0. The second-order valence-corrected chi connectivity index (χ2v) is 6.73. The summed E-state index contributed by atoms with van der Waals surface area (Å²) < 4.78 is 7.13. The topological polar surface area (TPSA) is 101 Å². The fourth-order valence-electron chi connectivity index (χ4n) is 3.38. The molecule has 146 valence electrons. The van der Waals surface area contributed by atoms with E-state index in [9.17, 15) is 4.79 Å². The summed E-state index contributed by atoms with van der Waals surface area (Å²) in [5.41, 5.74) is 1.52. The molecular weight excluding hydrogens is 360 g/mol. The molecule has 28 heavy (non-hydrogen) atoms. The first-order valence-corrected chi connectivity index (χ1v) is 9.05. The van der Waals surface area contributed by atoms with Crippen LogP contribution in [0.15, 0.2) is 30.9 Å². The van der Waals surface area contributed by atoms with Crippen molar-refractivity contribution in [2.45, 2.75) is 19.9 Å². The molecule has 0 aliphatic carbocycles. The van der Waals surface area contributed by atoms with E-state index in [2.05, 4.69) is 37.3 Å². The van der Waals surface area contributed by atoms with Crippen LogP contribution in [0.3, 0.4) is 0 Å². The Labute approximate surface area is 162 Å². The number of piperazine rings is 1. The molecule has 3 aromatic rings. The van der Waals surface area contributed by atoms with Crippen molar-refractivity contribution in [1.82, 2.24) is 29.5 Å². The average molecular weight is 382 g/mol. The Morgan fingerprint density at radius 1 is 1.32 bits per heavy atom. The van der Waals surface area contributed by atoms with Crippen molar-refractivity contribution < 1.29 is 9.53 Å². The van der Waals surface area contributed by atoms with E-state index in [4.69, 9.17) is 4.74 Å². The second kappa shape index (κ2) is 7.29. The zero-order valence-corrected chi connectivity index (χ0v) is 16.0. The van der Waals surface area contributed by atoms with E-state index in [0.717, 1.165) is 11.5 Å². The van der Waals surface area contributed by atoms with Gasteiger partial charge >= 0.3 is 6.03 Å². The molecule has 1 saturated heterocycles. The van der Waals surface area contributed by atoms with E-state index in [0.29, 0.717) is 36.8 Å². The first kappa shape index (κ1) is 18.0. The summed E-state index contributed by atoms with van der Waals surface area (Å²) in [6, 6.07) is 3.51. The van der Waals surface area contributed by atoms with E-state index in [1.165, 1.54) is 0 Å². The normalized spacial score (nSPS) is 17.0. The van der Waals surface area contributed by atoms with Crippen LogP contribution in [0.25, 0.3) is 5.65 Å². The van der Waals surface area contributed by atoms with Crippen LogP contribution >= 0.6 is 0 Å². The largest absolute Gasteiger partial charge is 0.493 e. The third kappa shape index (κ3) is 3.28. The molecule has 1 aliphatic heterocycles. The highest BCUT2D eigenvalue weighted by Gasteiger charge is 2.29. The third-order valence-corrected chi connectivity index (χ3v) is 4.83. The van der Waals surface area contributed by atoms with Crippen molar-refractivity contribution in [3.63, 3.8) is 0 Å². The summed E-state index contributed by atoms with van der Waals surface area (Å²) in [6.07, 6.45) is 5.19. The van der Waals surface area contributed by atoms with E-state index < -0.39 is 0 Å². The predicted molar refractivity (Wildman–Crippen MR) is 104 cm³/mol. The standard InChI is InChI=1S/C18H22N8O2/c1-12-4-5-14(28-3)15(21-12)22-18(27)24-8-9-26(13(2)10-24)16-17-23-20-11-25(17)7-6-19-16/h4-7,11,13H,8-10H2,1-3H3,(H,21,22,27). The minimum Gasteiger partial charge on any atom is -0.493 e. The van der Waals surface area contributed by atoms with Crippen LogP contribution in [0.2, 0.25) is 0 Å². The SMILES string of the molecule is COc1ccc(C)nc1NC(=O)N1CCN(c2nccn3cnnc23)C(C)C1. The molecule has 4 heterocycles. The number of carbonyl (C=O) groups excluding carboxylic acids is 1. The maximum atomic E-state index is 12.8. The molecule has 0 saturated carbocycles. The number of nitrogens with zero attached hydrogens (tertiary/aromatic N) is 7. The number of anilines is 2. The van der Waals surface area contributed by atoms with Gasteiger partial charge in [-0.2, -0.15) is 0 Å². The maximum Gasteiger partial charge on any atom is 0.323 e. The fraction of sp³-hybridized carbons (Fsp3) is 0.389. The maximum absolute atomic E-state index is 12.8. The number of fused-ring (bicyclic) bond motifs is 1. The number of ether oxygens (including phenoxy) is 1. The van der Waals surface area contributed by atoms with Gasteiger partial charge in [-0.05, 0) is 26.0 Å². The highest BCUT2D eigenvalue weighted by molar-refractivity contribution is 5.90. The van der Waals surface area contributed by atoms with Crippen LogP contribution in [-0.4, -0.2) is 68.3 Å². The Morgan fingerprint density at radius 2 is 2.18 bits per heavy atom. The van der Waals surface area contributed by atoms with E-state index in [1.807, 2.05) is 23.6 Å². The number of urea groups is 1. The van der Waals surface area contributed by atoms with Crippen molar-refractivity contribution in [3.05, 3.63) is 36.5 Å². The molecule has 0 radical (unpaired) electrons. The van der Waals surface area contributed by atoms with Crippen LogP contribution in [0.5, 0.6) is 5.75 Å². The molecular formula is C18H22N8O2. The summed E-state index contributed by atoms with van der Waals surface area (Å²) in [5.74, 6) is 1.74. The number of aromatic nitrogens is 5. The Balaban J connectivity index is 1.48. The van der Waals surface area contributed by atoms with Crippen LogP contribution < -0.4 is 15.0 Å². The number of rotatable bonds is 3. The minimum absolute atomic E-state index is 0.0715. The van der Waals surface area contributed by atoms with Crippen LogP contribution in [0.1, 0.15) is 12.6 Å². The van der Waals surface area contributed by atoms with Gasteiger partial charge < -0.3 is 14.5 Å². The molecule has 1 unspecified atom stereocenters. The van der Waals surface area contributed by atoms with Gasteiger partial charge in [0.15, 0.2) is 17.4 Å². The second-order valence-electron chi connectivity index (χ2n) is 6.73. The van der Waals surface area contributed by atoms with Crippen LogP contribution in [0, 0.1) is 6.92 Å². The fourth-order valence-corrected chi connectivity index (χ4v) is 3.38. The van der Waals surface area contributed by atoms with Crippen molar-refractivity contribution in [2.24, 2.45) is 0 Å². The first-order chi connectivity index (χ1) is 13.6. The summed E-state index contributed by atoms with van der Waals surface area (Å²) in [7, 11) is 1.56. The molecule has 0 spiro atoms. The first-order valence-electron chi connectivity index (χ1n) is 9.05. The third-order valence-electron chi connectivity index (χ3n) is 4.83. The lowest BCUT2D eigenvalue weighted by molar-refractivity contribution is 0.200. The number of methoxy groups -OCH3 is 1. The summed E-state index contributed by atoms with van der Waals surface area (Å²) in [4.78, 5) is 25.5. The molecule has 0 bridgehead atoms. The van der Waals surface area contributed by atoms with Gasteiger partial charge in [0, 0.05) is 43.8 Å². The molecule has 1 N–H and O–H groups in total. The highest BCUT2D eigenvalue weighted by Crippen LogP contribution is 2.24. The molecule has 3 aromatic heterocycles. The Morgan fingerprint density at radius 3 is 2.96 bits per heavy atom. The van der Waals surface area contributed by atoms with Crippen LogP contribution in [-0.2, 0) is 0 Å². The zero-order valence-electron chi connectivity index (χ0n) is 16.0. The van der Waals surface area contributed by atoms with Crippen molar-refractivity contribution in [3.8, 4) is 5.75 Å².